The highest BCUT2D eigenvalue weighted by Crippen LogP contribution is 2.70. The lowest BCUT2D eigenvalue weighted by molar-refractivity contribution is -0.131. The van der Waals surface area contributed by atoms with Crippen molar-refractivity contribution in [2.75, 3.05) is 5.32 Å². The largest absolute Gasteiger partial charge is 0.325 e. The van der Waals surface area contributed by atoms with Gasteiger partial charge in [0.2, 0.25) is 5.91 Å². The maximum absolute atomic E-state index is 13.1. The Bertz CT molecular complexity index is 676. The van der Waals surface area contributed by atoms with Gasteiger partial charge in [-0.1, -0.05) is 32.9 Å². The Hall–Kier alpha value is -1.64. The zero-order chi connectivity index (χ0) is 16.3. The number of fused-ring (bicyclic) bond motifs is 2. The van der Waals surface area contributed by atoms with Gasteiger partial charge in [0.25, 0.3) is 0 Å². The van der Waals surface area contributed by atoms with Crippen LogP contribution in [0, 0.1) is 30.1 Å². The lowest BCUT2D eigenvalue weighted by atomic mass is 9.64. The summed E-state index contributed by atoms with van der Waals surface area (Å²) >= 11 is 0. The molecule has 118 valence electrons. The molecule has 2 bridgehead atoms. The highest BCUT2D eigenvalue weighted by atomic mass is 16.2. The van der Waals surface area contributed by atoms with E-state index in [0.717, 1.165) is 29.7 Å². The number of hydrogen-bond acceptors (Lipinski definition) is 2. The lowest BCUT2D eigenvalue weighted by Gasteiger charge is -2.38. The van der Waals surface area contributed by atoms with Crippen LogP contribution in [0.2, 0.25) is 0 Å². The molecule has 1 N–H and O–H groups in total. The summed E-state index contributed by atoms with van der Waals surface area (Å²) in [5, 5.41) is 3.11. The predicted molar refractivity (Wildman–Crippen MR) is 87.7 cm³/mol. The number of anilines is 1. The third-order valence-electron chi connectivity index (χ3n) is 6.78. The number of aryl methyl sites for hydroxylation is 2. The summed E-state index contributed by atoms with van der Waals surface area (Å²) in [6.45, 7) is 10.2. The molecule has 3 rings (SSSR count). The van der Waals surface area contributed by atoms with Gasteiger partial charge in [0.05, 0.1) is 5.41 Å². The maximum atomic E-state index is 13.1. The number of Topliss-reactive ketones (excluding diaryl/α,β-unsaturated/α-hetero) is 1. The van der Waals surface area contributed by atoms with E-state index in [4.69, 9.17) is 0 Å². The van der Waals surface area contributed by atoms with Crippen molar-refractivity contribution >= 4 is 17.4 Å². The Labute approximate surface area is 132 Å². The molecule has 0 unspecified atom stereocenters. The number of benzene rings is 1. The topological polar surface area (TPSA) is 46.2 Å². The number of ketones is 1. The van der Waals surface area contributed by atoms with Crippen molar-refractivity contribution < 1.29 is 9.59 Å². The Morgan fingerprint density at radius 2 is 1.82 bits per heavy atom. The van der Waals surface area contributed by atoms with E-state index in [0.29, 0.717) is 6.42 Å². The van der Waals surface area contributed by atoms with Crippen molar-refractivity contribution in [2.24, 2.45) is 16.2 Å². The minimum absolute atomic E-state index is 0.0146. The lowest BCUT2D eigenvalue weighted by Crippen LogP contribution is -2.43. The van der Waals surface area contributed by atoms with Crippen molar-refractivity contribution in [2.45, 2.75) is 53.9 Å². The molecule has 1 aromatic carbocycles. The third kappa shape index (κ3) is 1.68. The monoisotopic (exact) mass is 299 g/mol. The average molecular weight is 299 g/mol. The molecule has 1 aromatic rings. The number of nitrogens with one attached hydrogen (secondary N) is 1. The van der Waals surface area contributed by atoms with Gasteiger partial charge in [-0.3, -0.25) is 9.59 Å². The molecule has 2 fully saturated rings. The van der Waals surface area contributed by atoms with Crippen molar-refractivity contribution in [3.05, 3.63) is 29.3 Å². The molecule has 0 spiro atoms. The van der Waals surface area contributed by atoms with Crippen LogP contribution in [0.1, 0.15) is 51.2 Å². The molecule has 2 aliphatic carbocycles. The summed E-state index contributed by atoms with van der Waals surface area (Å²) in [6.07, 6.45) is 2.01. The van der Waals surface area contributed by atoms with E-state index >= 15 is 0 Å². The molecule has 22 heavy (non-hydrogen) atoms. The van der Waals surface area contributed by atoms with Gasteiger partial charge < -0.3 is 5.32 Å². The highest BCUT2D eigenvalue weighted by molar-refractivity contribution is 6.04. The van der Waals surface area contributed by atoms with Crippen molar-refractivity contribution in [1.82, 2.24) is 0 Å². The standard InChI is InChI=1S/C19H25NO2/c1-12-6-7-13(2)14(10-12)20-16(22)19-9-8-18(5,15(21)11-19)17(19,3)4/h6-7,10H,8-9,11H2,1-5H3,(H,20,22)/t18-,19+/m0/s1. The number of rotatable bonds is 2. The van der Waals surface area contributed by atoms with Gasteiger partial charge in [-0.25, -0.2) is 0 Å². The second-order valence-corrected chi connectivity index (χ2v) is 7.91. The molecule has 2 saturated carbocycles. The first-order chi connectivity index (χ1) is 10.1. The Morgan fingerprint density at radius 3 is 2.36 bits per heavy atom. The molecule has 3 heteroatoms. The number of amides is 1. The summed E-state index contributed by atoms with van der Waals surface area (Å²) < 4.78 is 0. The Balaban J connectivity index is 1.96. The summed E-state index contributed by atoms with van der Waals surface area (Å²) in [6, 6.07) is 6.06. The SMILES string of the molecule is Cc1ccc(C)c(NC(=O)[C@@]23CC[C@@](C)(C(=O)C2)C3(C)C)c1. The summed E-state index contributed by atoms with van der Waals surface area (Å²) in [5.41, 5.74) is 1.83. The van der Waals surface area contributed by atoms with Crippen LogP contribution in [0.5, 0.6) is 0 Å². The molecular weight excluding hydrogens is 274 g/mol. The summed E-state index contributed by atoms with van der Waals surface area (Å²) in [4.78, 5) is 25.6. The maximum Gasteiger partial charge on any atom is 0.231 e. The van der Waals surface area contributed by atoms with E-state index in [2.05, 4.69) is 19.2 Å². The first-order valence-electron chi connectivity index (χ1n) is 8.06. The van der Waals surface area contributed by atoms with Gasteiger partial charge in [0.15, 0.2) is 0 Å². The fourth-order valence-electron chi connectivity index (χ4n) is 4.47. The quantitative estimate of drug-likeness (QED) is 0.896. The van der Waals surface area contributed by atoms with Crippen LogP contribution in [0.4, 0.5) is 5.69 Å². The first kappa shape index (κ1) is 15.3. The summed E-state index contributed by atoms with van der Waals surface area (Å²) in [5.74, 6) is 0.264. The Kier molecular flexibility index (Phi) is 3.08. The first-order valence-corrected chi connectivity index (χ1v) is 8.06. The van der Waals surface area contributed by atoms with Crippen molar-refractivity contribution in [3.63, 3.8) is 0 Å². The van der Waals surface area contributed by atoms with E-state index in [9.17, 15) is 9.59 Å². The second kappa shape index (κ2) is 4.43. The molecular formula is C19H25NO2. The number of hydrogen-bond donors (Lipinski definition) is 1. The fraction of sp³-hybridized carbons (Fsp3) is 0.579. The summed E-state index contributed by atoms with van der Waals surface area (Å²) in [7, 11) is 0. The zero-order valence-electron chi connectivity index (χ0n) is 14.2. The van der Waals surface area contributed by atoms with Gasteiger partial charge in [-0.15, -0.1) is 0 Å². The Morgan fingerprint density at radius 1 is 1.14 bits per heavy atom. The van der Waals surface area contributed by atoms with E-state index in [1.54, 1.807) is 0 Å². The van der Waals surface area contributed by atoms with Gasteiger partial charge in [0, 0.05) is 17.5 Å². The molecule has 2 atom stereocenters. The molecule has 2 aliphatic rings. The van der Waals surface area contributed by atoms with Crippen LogP contribution in [0.3, 0.4) is 0 Å². The van der Waals surface area contributed by atoms with Crippen LogP contribution in [-0.2, 0) is 9.59 Å². The average Bonchev–Trinajstić information content (AvgIpc) is 2.73. The zero-order valence-corrected chi connectivity index (χ0v) is 14.2. The van der Waals surface area contributed by atoms with E-state index in [1.807, 2.05) is 39.0 Å². The molecule has 0 radical (unpaired) electrons. The van der Waals surface area contributed by atoms with Crippen LogP contribution in [0.25, 0.3) is 0 Å². The van der Waals surface area contributed by atoms with Gasteiger partial charge in [0.1, 0.15) is 5.78 Å². The highest BCUT2D eigenvalue weighted by Gasteiger charge is 2.72. The molecule has 1 amide bonds. The third-order valence-corrected chi connectivity index (χ3v) is 6.78. The predicted octanol–water partition coefficient (Wildman–Crippen LogP) is 4.03. The molecule has 3 nitrogen and oxygen atoms in total. The van der Waals surface area contributed by atoms with Crippen molar-refractivity contribution in [1.29, 1.82) is 0 Å². The van der Waals surface area contributed by atoms with E-state index in [-0.39, 0.29) is 22.5 Å². The van der Waals surface area contributed by atoms with Crippen molar-refractivity contribution in [3.8, 4) is 0 Å². The van der Waals surface area contributed by atoms with E-state index in [1.165, 1.54) is 0 Å². The number of carbonyl (C=O) groups excluding carboxylic acids is 2. The minimum atomic E-state index is -0.560. The van der Waals surface area contributed by atoms with Crippen LogP contribution in [0.15, 0.2) is 18.2 Å². The van der Waals surface area contributed by atoms with Crippen LogP contribution >= 0.6 is 0 Å². The van der Waals surface area contributed by atoms with Crippen LogP contribution < -0.4 is 5.32 Å². The normalized spacial score (nSPS) is 32.3. The van der Waals surface area contributed by atoms with Gasteiger partial charge in [-0.2, -0.15) is 0 Å². The van der Waals surface area contributed by atoms with E-state index < -0.39 is 5.41 Å². The van der Waals surface area contributed by atoms with Crippen LogP contribution in [-0.4, -0.2) is 11.7 Å². The van der Waals surface area contributed by atoms with Gasteiger partial charge >= 0.3 is 0 Å². The molecule has 0 aliphatic heterocycles. The molecule has 0 aromatic heterocycles. The molecule has 0 heterocycles. The minimum Gasteiger partial charge on any atom is -0.325 e. The second-order valence-electron chi connectivity index (χ2n) is 7.91. The van der Waals surface area contributed by atoms with Gasteiger partial charge in [-0.05, 0) is 49.3 Å². The number of carbonyl (C=O) groups is 2. The molecule has 0 saturated heterocycles. The smallest absolute Gasteiger partial charge is 0.231 e. The fourth-order valence-corrected chi connectivity index (χ4v) is 4.47.